The zero-order valence-electron chi connectivity index (χ0n) is 12.8. The third-order valence-corrected chi connectivity index (χ3v) is 3.38. The molecule has 0 saturated carbocycles. The van der Waals surface area contributed by atoms with E-state index in [9.17, 15) is 9.59 Å². The number of nitrogens with one attached hydrogen (secondary N) is 2. The quantitative estimate of drug-likeness (QED) is 0.762. The lowest BCUT2D eigenvalue weighted by atomic mass is 10.1. The number of carbonyl (C=O) groups is 2. The van der Waals surface area contributed by atoms with E-state index < -0.39 is 0 Å². The van der Waals surface area contributed by atoms with E-state index in [4.69, 9.17) is 9.47 Å². The summed E-state index contributed by atoms with van der Waals surface area (Å²) >= 11 is 0. The Bertz CT molecular complexity index is 495. The summed E-state index contributed by atoms with van der Waals surface area (Å²) in [6, 6.07) is 7.12. The molecule has 1 aliphatic rings. The van der Waals surface area contributed by atoms with Gasteiger partial charge in [-0.3, -0.25) is 4.79 Å². The summed E-state index contributed by atoms with van der Waals surface area (Å²) in [5.41, 5.74) is 1.45. The summed E-state index contributed by atoms with van der Waals surface area (Å²) in [4.78, 5) is 23.4. The second kappa shape index (κ2) is 8.51. The van der Waals surface area contributed by atoms with Crippen LogP contribution in [0.3, 0.4) is 0 Å². The highest BCUT2D eigenvalue weighted by Gasteiger charge is 2.16. The summed E-state index contributed by atoms with van der Waals surface area (Å²) in [7, 11) is 0. The molecule has 2 rings (SSSR count). The fourth-order valence-electron chi connectivity index (χ4n) is 2.22. The SMILES string of the molecule is CCOC(=O)c1ccc(CNC(=O)CC2COCCN2)cc1. The number of esters is 1. The minimum atomic E-state index is -0.332. The highest BCUT2D eigenvalue weighted by Crippen LogP contribution is 2.06. The average Bonchev–Trinajstić information content (AvgIpc) is 2.54. The second-order valence-electron chi connectivity index (χ2n) is 5.12. The number of rotatable bonds is 6. The van der Waals surface area contributed by atoms with Crippen molar-refractivity contribution in [2.75, 3.05) is 26.4 Å². The zero-order chi connectivity index (χ0) is 15.8. The standard InChI is InChI=1S/C16H22N2O4/c1-2-22-16(20)13-5-3-12(4-6-13)10-18-15(19)9-14-11-21-8-7-17-14/h3-6,14,17H,2,7-11H2,1H3,(H,18,19). The molecule has 1 unspecified atom stereocenters. The smallest absolute Gasteiger partial charge is 0.338 e. The van der Waals surface area contributed by atoms with Gasteiger partial charge >= 0.3 is 5.97 Å². The Labute approximate surface area is 130 Å². The molecule has 0 aromatic heterocycles. The van der Waals surface area contributed by atoms with Crippen LogP contribution >= 0.6 is 0 Å². The van der Waals surface area contributed by atoms with Gasteiger partial charge in [0, 0.05) is 25.6 Å². The van der Waals surface area contributed by atoms with Gasteiger partial charge in [0.1, 0.15) is 0 Å². The number of morpholine rings is 1. The monoisotopic (exact) mass is 306 g/mol. The summed E-state index contributed by atoms with van der Waals surface area (Å²) in [5.74, 6) is -0.348. The van der Waals surface area contributed by atoms with Gasteiger partial charge < -0.3 is 20.1 Å². The lowest BCUT2D eigenvalue weighted by Crippen LogP contribution is -2.44. The minimum Gasteiger partial charge on any atom is -0.462 e. The topological polar surface area (TPSA) is 76.7 Å². The van der Waals surface area contributed by atoms with Crippen LogP contribution in [0.25, 0.3) is 0 Å². The molecular weight excluding hydrogens is 284 g/mol. The van der Waals surface area contributed by atoms with Crippen LogP contribution < -0.4 is 10.6 Å². The zero-order valence-corrected chi connectivity index (χ0v) is 12.8. The van der Waals surface area contributed by atoms with Gasteiger partial charge in [0.05, 0.1) is 25.4 Å². The Morgan fingerprint density at radius 2 is 2.14 bits per heavy atom. The van der Waals surface area contributed by atoms with Gasteiger partial charge in [-0.25, -0.2) is 4.79 Å². The normalized spacial score (nSPS) is 17.8. The Balaban J connectivity index is 1.76. The van der Waals surface area contributed by atoms with E-state index in [1.54, 1.807) is 19.1 Å². The van der Waals surface area contributed by atoms with Gasteiger partial charge in [-0.2, -0.15) is 0 Å². The lowest BCUT2D eigenvalue weighted by Gasteiger charge is -2.23. The van der Waals surface area contributed by atoms with E-state index in [1.807, 2.05) is 12.1 Å². The van der Waals surface area contributed by atoms with Crippen molar-refractivity contribution < 1.29 is 19.1 Å². The van der Waals surface area contributed by atoms with Crippen LogP contribution in [0.5, 0.6) is 0 Å². The van der Waals surface area contributed by atoms with E-state index in [-0.39, 0.29) is 17.9 Å². The van der Waals surface area contributed by atoms with E-state index in [2.05, 4.69) is 10.6 Å². The van der Waals surface area contributed by atoms with E-state index in [0.29, 0.717) is 38.3 Å². The Morgan fingerprint density at radius 1 is 1.36 bits per heavy atom. The number of amides is 1. The van der Waals surface area contributed by atoms with Crippen LogP contribution in [0.4, 0.5) is 0 Å². The van der Waals surface area contributed by atoms with Crippen molar-refractivity contribution in [1.29, 1.82) is 0 Å². The predicted molar refractivity (Wildman–Crippen MR) is 81.5 cm³/mol. The van der Waals surface area contributed by atoms with Crippen LogP contribution in [0.15, 0.2) is 24.3 Å². The maximum Gasteiger partial charge on any atom is 0.338 e. The van der Waals surface area contributed by atoms with Crippen LogP contribution in [-0.2, 0) is 20.8 Å². The van der Waals surface area contributed by atoms with Gasteiger partial charge in [0.2, 0.25) is 5.91 Å². The van der Waals surface area contributed by atoms with Crippen LogP contribution in [-0.4, -0.2) is 44.3 Å². The van der Waals surface area contributed by atoms with Gasteiger partial charge in [0.15, 0.2) is 0 Å². The number of hydrogen-bond acceptors (Lipinski definition) is 5. The molecule has 1 atom stereocenters. The number of carbonyl (C=O) groups excluding carboxylic acids is 2. The van der Waals surface area contributed by atoms with Crippen molar-refractivity contribution in [2.45, 2.75) is 25.9 Å². The molecule has 0 radical (unpaired) electrons. The Kier molecular flexibility index (Phi) is 6.36. The molecule has 1 fully saturated rings. The summed E-state index contributed by atoms with van der Waals surface area (Å²) in [6.07, 6.45) is 0.404. The van der Waals surface area contributed by atoms with Crippen LogP contribution in [0, 0.1) is 0 Å². The first-order chi connectivity index (χ1) is 10.7. The molecule has 1 saturated heterocycles. The highest BCUT2D eigenvalue weighted by molar-refractivity contribution is 5.89. The van der Waals surface area contributed by atoms with Gasteiger partial charge in [-0.15, -0.1) is 0 Å². The fraction of sp³-hybridized carbons (Fsp3) is 0.500. The molecule has 1 aromatic rings. The second-order valence-corrected chi connectivity index (χ2v) is 5.12. The molecule has 1 heterocycles. The third kappa shape index (κ3) is 5.13. The predicted octanol–water partition coefficient (Wildman–Crippen LogP) is 0.858. The van der Waals surface area contributed by atoms with Crippen molar-refractivity contribution in [3.8, 4) is 0 Å². The van der Waals surface area contributed by atoms with Crippen molar-refractivity contribution in [3.05, 3.63) is 35.4 Å². The molecule has 0 bridgehead atoms. The third-order valence-electron chi connectivity index (χ3n) is 3.38. The fourth-order valence-corrected chi connectivity index (χ4v) is 2.22. The van der Waals surface area contributed by atoms with E-state index in [1.165, 1.54) is 0 Å². The molecule has 0 aliphatic carbocycles. The average molecular weight is 306 g/mol. The van der Waals surface area contributed by atoms with Gasteiger partial charge in [-0.1, -0.05) is 12.1 Å². The molecule has 0 spiro atoms. The molecule has 120 valence electrons. The van der Waals surface area contributed by atoms with Crippen LogP contribution in [0.1, 0.15) is 29.3 Å². The van der Waals surface area contributed by atoms with Crippen molar-refractivity contribution in [2.24, 2.45) is 0 Å². The summed E-state index contributed by atoms with van der Waals surface area (Å²) in [6.45, 7) is 4.62. The highest BCUT2D eigenvalue weighted by atomic mass is 16.5. The largest absolute Gasteiger partial charge is 0.462 e. The Hall–Kier alpha value is -1.92. The molecule has 1 amide bonds. The van der Waals surface area contributed by atoms with E-state index >= 15 is 0 Å². The molecule has 6 nitrogen and oxygen atoms in total. The molecule has 1 aromatic carbocycles. The maximum absolute atomic E-state index is 11.9. The van der Waals surface area contributed by atoms with E-state index in [0.717, 1.165) is 12.1 Å². The minimum absolute atomic E-state index is 0.0162. The molecule has 2 N–H and O–H groups in total. The first kappa shape index (κ1) is 16.5. The first-order valence-electron chi connectivity index (χ1n) is 7.53. The number of hydrogen-bond donors (Lipinski definition) is 2. The summed E-state index contributed by atoms with van der Waals surface area (Å²) < 4.78 is 10.2. The van der Waals surface area contributed by atoms with Crippen molar-refractivity contribution >= 4 is 11.9 Å². The van der Waals surface area contributed by atoms with Crippen molar-refractivity contribution in [3.63, 3.8) is 0 Å². The molecule has 1 aliphatic heterocycles. The number of ether oxygens (including phenoxy) is 2. The van der Waals surface area contributed by atoms with Crippen LogP contribution in [0.2, 0.25) is 0 Å². The van der Waals surface area contributed by atoms with Gasteiger partial charge in [-0.05, 0) is 24.6 Å². The first-order valence-corrected chi connectivity index (χ1v) is 7.53. The molecule has 6 heteroatoms. The summed E-state index contributed by atoms with van der Waals surface area (Å²) in [5, 5.41) is 6.11. The van der Waals surface area contributed by atoms with Crippen molar-refractivity contribution in [1.82, 2.24) is 10.6 Å². The maximum atomic E-state index is 11.9. The lowest BCUT2D eigenvalue weighted by molar-refractivity contribution is -0.122. The van der Waals surface area contributed by atoms with Gasteiger partial charge in [0.25, 0.3) is 0 Å². The molecule has 22 heavy (non-hydrogen) atoms. The molecular formula is C16H22N2O4. The Morgan fingerprint density at radius 3 is 2.77 bits per heavy atom. The number of benzene rings is 1.